The van der Waals surface area contributed by atoms with E-state index < -0.39 is 5.97 Å². The molecule has 1 aliphatic rings. The number of hydrogen-bond acceptors (Lipinski definition) is 3. The number of Topliss-reactive ketones (excluding diaryl/α,β-unsaturated/α-hetero) is 1. The topological polar surface area (TPSA) is 43.4 Å². The summed E-state index contributed by atoms with van der Waals surface area (Å²) < 4.78 is 4.97. The fraction of sp³-hybridized carbons (Fsp3) is 0.273. The first-order valence-electron chi connectivity index (χ1n) is 4.52. The SMILES string of the molecule is CC(=O)Oc1cccc2c1C(=O)CC2. The maximum atomic E-state index is 11.5. The number of ketones is 1. The molecule has 72 valence electrons. The van der Waals surface area contributed by atoms with Crippen molar-refractivity contribution in [3.8, 4) is 5.75 Å². The lowest BCUT2D eigenvalue weighted by atomic mass is 10.1. The lowest BCUT2D eigenvalue weighted by Gasteiger charge is -2.05. The summed E-state index contributed by atoms with van der Waals surface area (Å²) in [7, 11) is 0. The molecule has 14 heavy (non-hydrogen) atoms. The molecule has 0 saturated carbocycles. The van der Waals surface area contributed by atoms with E-state index in [-0.39, 0.29) is 5.78 Å². The molecule has 0 aliphatic heterocycles. The molecule has 1 aromatic rings. The zero-order chi connectivity index (χ0) is 10.1. The monoisotopic (exact) mass is 190 g/mol. The third-order valence-electron chi connectivity index (χ3n) is 2.27. The van der Waals surface area contributed by atoms with Crippen molar-refractivity contribution in [2.45, 2.75) is 19.8 Å². The van der Waals surface area contributed by atoms with Crippen LogP contribution in [0.15, 0.2) is 18.2 Å². The van der Waals surface area contributed by atoms with Gasteiger partial charge in [0, 0.05) is 13.3 Å². The van der Waals surface area contributed by atoms with E-state index in [1.54, 1.807) is 12.1 Å². The molecular formula is C11H10O3. The van der Waals surface area contributed by atoms with Crippen molar-refractivity contribution in [3.63, 3.8) is 0 Å². The average molecular weight is 190 g/mol. The van der Waals surface area contributed by atoms with Gasteiger partial charge in [-0.3, -0.25) is 9.59 Å². The molecule has 1 aromatic carbocycles. The lowest BCUT2D eigenvalue weighted by Crippen LogP contribution is -2.05. The predicted molar refractivity (Wildman–Crippen MR) is 50.4 cm³/mol. The molecule has 0 bridgehead atoms. The molecule has 0 radical (unpaired) electrons. The number of hydrogen-bond donors (Lipinski definition) is 0. The predicted octanol–water partition coefficient (Wildman–Crippen LogP) is 1.74. The van der Waals surface area contributed by atoms with Gasteiger partial charge in [0.2, 0.25) is 0 Å². The molecule has 0 atom stereocenters. The van der Waals surface area contributed by atoms with Gasteiger partial charge in [0.05, 0.1) is 5.56 Å². The zero-order valence-electron chi connectivity index (χ0n) is 7.87. The van der Waals surface area contributed by atoms with Crippen molar-refractivity contribution in [2.24, 2.45) is 0 Å². The smallest absolute Gasteiger partial charge is 0.308 e. The Hall–Kier alpha value is -1.64. The van der Waals surface area contributed by atoms with Gasteiger partial charge in [-0.25, -0.2) is 0 Å². The van der Waals surface area contributed by atoms with E-state index >= 15 is 0 Å². The fourth-order valence-electron chi connectivity index (χ4n) is 1.71. The van der Waals surface area contributed by atoms with Crippen LogP contribution in [0.2, 0.25) is 0 Å². The molecule has 2 rings (SSSR count). The van der Waals surface area contributed by atoms with Gasteiger partial charge in [-0.15, -0.1) is 0 Å². The maximum absolute atomic E-state index is 11.5. The molecule has 1 aliphatic carbocycles. The van der Waals surface area contributed by atoms with Crippen molar-refractivity contribution in [2.75, 3.05) is 0 Å². The van der Waals surface area contributed by atoms with E-state index in [1.807, 2.05) is 6.07 Å². The highest BCUT2D eigenvalue weighted by Crippen LogP contribution is 2.30. The molecule has 3 nitrogen and oxygen atoms in total. The van der Waals surface area contributed by atoms with Gasteiger partial charge in [0.25, 0.3) is 0 Å². The number of carbonyl (C=O) groups excluding carboxylic acids is 2. The third kappa shape index (κ3) is 1.41. The number of benzene rings is 1. The summed E-state index contributed by atoms with van der Waals surface area (Å²) in [6.07, 6.45) is 1.27. The summed E-state index contributed by atoms with van der Waals surface area (Å²) in [6, 6.07) is 5.35. The Balaban J connectivity index is 2.46. The summed E-state index contributed by atoms with van der Waals surface area (Å²) in [4.78, 5) is 22.3. The summed E-state index contributed by atoms with van der Waals surface area (Å²) in [5.41, 5.74) is 1.57. The largest absolute Gasteiger partial charge is 0.426 e. The van der Waals surface area contributed by atoms with Gasteiger partial charge in [0.1, 0.15) is 5.75 Å². The molecule has 0 spiro atoms. The minimum absolute atomic E-state index is 0.0665. The number of fused-ring (bicyclic) bond motifs is 1. The highest BCUT2D eigenvalue weighted by Gasteiger charge is 2.23. The third-order valence-corrected chi connectivity index (χ3v) is 2.27. The summed E-state index contributed by atoms with van der Waals surface area (Å²) >= 11 is 0. The van der Waals surface area contributed by atoms with Crippen molar-refractivity contribution < 1.29 is 14.3 Å². The van der Waals surface area contributed by atoms with Crippen molar-refractivity contribution in [1.29, 1.82) is 0 Å². The number of rotatable bonds is 1. The van der Waals surface area contributed by atoms with Gasteiger partial charge < -0.3 is 4.74 Å². The minimum atomic E-state index is -0.391. The van der Waals surface area contributed by atoms with Gasteiger partial charge in [-0.1, -0.05) is 12.1 Å². The molecule has 0 N–H and O–H groups in total. The highest BCUT2D eigenvalue weighted by molar-refractivity contribution is 6.03. The summed E-state index contributed by atoms with van der Waals surface area (Å²) in [5, 5.41) is 0. The van der Waals surface area contributed by atoms with E-state index in [0.29, 0.717) is 17.7 Å². The van der Waals surface area contributed by atoms with Crippen LogP contribution >= 0.6 is 0 Å². The first kappa shape index (κ1) is 8.94. The summed E-state index contributed by atoms with van der Waals surface area (Å²) in [6.45, 7) is 1.33. The second kappa shape index (κ2) is 3.25. The van der Waals surface area contributed by atoms with Crippen molar-refractivity contribution >= 4 is 11.8 Å². The van der Waals surface area contributed by atoms with Gasteiger partial charge in [-0.05, 0) is 18.1 Å². The molecule has 0 amide bonds. The van der Waals surface area contributed by atoms with Gasteiger partial charge in [0.15, 0.2) is 5.78 Å². The molecule has 0 saturated heterocycles. The van der Waals surface area contributed by atoms with Gasteiger partial charge in [-0.2, -0.15) is 0 Å². The second-order valence-electron chi connectivity index (χ2n) is 3.31. The molecule has 0 heterocycles. The normalized spacial score (nSPS) is 13.9. The van der Waals surface area contributed by atoms with E-state index in [1.165, 1.54) is 6.92 Å². The molecule has 0 unspecified atom stereocenters. The molecular weight excluding hydrogens is 180 g/mol. The first-order valence-corrected chi connectivity index (χ1v) is 4.52. The van der Waals surface area contributed by atoms with Crippen molar-refractivity contribution in [3.05, 3.63) is 29.3 Å². The average Bonchev–Trinajstić information content (AvgIpc) is 2.48. The van der Waals surface area contributed by atoms with Crippen LogP contribution in [-0.4, -0.2) is 11.8 Å². The Morgan fingerprint density at radius 2 is 2.14 bits per heavy atom. The van der Waals surface area contributed by atoms with Crippen LogP contribution < -0.4 is 4.74 Å². The zero-order valence-corrected chi connectivity index (χ0v) is 7.87. The van der Waals surface area contributed by atoms with Crippen LogP contribution in [0.1, 0.15) is 29.3 Å². The van der Waals surface area contributed by atoms with E-state index in [2.05, 4.69) is 0 Å². The Kier molecular flexibility index (Phi) is 2.08. The Labute approximate surface area is 81.7 Å². The second-order valence-corrected chi connectivity index (χ2v) is 3.31. The van der Waals surface area contributed by atoms with Crippen LogP contribution in [-0.2, 0) is 11.2 Å². The van der Waals surface area contributed by atoms with Crippen LogP contribution in [0.5, 0.6) is 5.75 Å². The standard InChI is InChI=1S/C11H10O3/c1-7(12)14-10-4-2-3-8-5-6-9(13)11(8)10/h2-4H,5-6H2,1H3. The van der Waals surface area contributed by atoms with Gasteiger partial charge >= 0.3 is 5.97 Å². The van der Waals surface area contributed by atoms with Crippen LogP contribution in [0, 0.1) is 0 Å². The first-order chi connectivity index (χ1) is 6.68. The Morgan fingerprint density at radius 3 is 2.86 bits per heavy atom. The Morgan fingerprint density at radius 1 is 1.36 bits per heavy atom. The van der Waals surface area contributed by atoms with Crippen LogP contribution in [0.25, 0.3) is 0 Å². The highest BCUT2D eigenvalue weighted by atomic mass is 16.5. The van der Waals surface area contributed by atoms with E-state index in [0.717, 1.165) is 12.0 Å². The van der Waals surface area contributed by atoms with E-state index in [4.69, 9.17) is 4.74 Å². The minimum Gasteiger partial charge on any atom is -0.426 e. The quantitative estimate of drug-likeness (QED) is 0.500. The number of ether oxygens (including phenoxy) is 1. The van der Waals surface area contributed by atoms with Crippen molar-refractivity contribution in [1.82, 2.24) is 0 Å². The molecule has 3 heteroatoms. The summed E-state index contributed by atoms with van der Waals surface area (Å²) in [5.74, 6) is 0.0763. The number of carbonyl (C=O) groups is 2. The lowest BCUT2D eigenvalue weighted by molar-refractivity contribution is -0.131. The number of aryl methyl sites for hydroxylation is 1. The maximum Gasteiger partial charge on any atom is 0.308 e. The molecule has 0 aromatic heterocycles. The van der Waals surface area contributed by atoms with E-state index in [9.17, 15) is 9.59 Å². The number of esters is 1. The van der Waals surface area contributed by atoms with Crippen LogP contribution in [0.4, 0.5) is 0 Å². The Bertz CT molecular complexity index is 407. The van der Waals surface area contributed by atoms with Crippen LogP contribution in [0.3, 0.4) is 0 Å². The molecule has 0 fully saturated rings. The fourth-order valence-corrected chi connectivity index (χ4v) is 1.71.